The number of methoxy groups -OCH3 is 1. The minimum absolute atomic E-state index is 0. The minimum Gasteiger partial charge on any atom is -0.492 e. The highest BCUT2D eigenvalue weighted by atomic mass is 79.9. The lowest BCUT2D eigenvalue weighted by molar-refractivity contribution is 0.0847. The summed E-state index contributed by atoms with van der Waals surface area (Å²) in [5, 5.41) is 0. The monoisotopic (exact) mass is 347 g/mol. The highest BCUT2D eigenvalue weighted by molar-refractivity contribution is 9.10. The first-order valence-electron chi connectivity index (χ1n) is 6.41. The van der Waals surface area contributed by atoms with Gasteiger partial charge in [0.1, 0.15) is 6.61 Å². The number of halogens is 2. The van der Waals surface area contributed by atoms with Gasteiger partial charge in [-0.25, -0.2) is 0 Å². The molecular weight excluding hydrogens is 330 g/mol. The standard InChI is InChI=1S/C14H18BrNO2.ClH/c1-16-7-3-4-9-10-5-6-11(15)14(17-2)13(10)18-8-12(9)16;/h5-6,9,12H,3-4,7-8H2,1-2H3;1H. The Morgan fingerprint density at radius 1 is 1.42 bits per heavy atom. The van der Waals surface area contributed by atoms with Gasteiger partial charge in [-0.1, -0.05) is 6.07 Å². The largest absolute Gasteiger partial charge is 0.492 e. The van der Waals surface area contributed by atoms with E-state index >= 15 is 0 Å². The molecule has 2 aliphatic rings. The molecule has 19 heavy (non-hydrogen) atoms. The first kappa shape index (κ1) is 14.9. The number of ether oxygens (including phenoxy) is 2. The summed E-state index contributed by atoms with van der Waals surface area (Å²) in [6.07, 6.45) is 2.51. The van der Waals surface area contributed by atoms with Crippen molar-refractivity contribution >= 4 is 28.3 Å². The number of likely N-dealkylation sites (N-methyl/N-ethyl adjacent to an activating group) is 1. The van der Waals surface area contributed by atoms with Gasteiger partial charge in [-0.05, 0) is 48.4 Å². The Morgan fingerprint density at radius 3 is 2.95 bits per heavy atom. The summed E-state index contributed by atoms with van der Waals surface area (Å²) in [6.45, 7) is 1.94. The van der Waals surface area contributed by atoms with Crippen LogP contribution in [0.3, 0.4) is 0 Å². The van der Waals surface area contributed by atoms with Crippen LogP contribution in [-0.4, -0.2) is 38.3 Å². The summed E-state index contributed by atoms with van der Waals surface area (Å²) in [5.74, 6) is 2.34. The van der Waals surface area contributed by atoms with Crippen molar-refractivity contribution in [2.75, 3.05) is 27.3 Å². The molecule has 0 spiro atoms. The number of piperidine rings is 1. The van der Waals surface area contributed by atoms with Gasteiger partial charge in [-0.2, -0.15) is 0 Å². The predicted molar refractivity (Wildman–Crippen MR) is 81.8 cm³/mol. The molecule has 3 rings (SSSR count). The highest BCUT2D eigenvalue weighted by Gasteiger charge is 2.37. The fourth-order valence-electron chi connectivity index (χ4n) is 3.19. The van der Waals surface area contributed by atoms with E-state index in [1.54, 1.807) is 7.11 Å². The zero-order chi connectivity index (χ0) is 12.7. The van der Waals surface area contributed by atoms with Gasteiger partial charge in [0, 0.05) is 11.5 Å². The zero-order valence-electron chi connectivity index (χ0n) is 11.2. The summed E-state index contributed by atoms with van der Waals surface area (Å²) in [7, 11) is 3.89. The maximum atomic E-state index is 5.97. The smallest absolute Gasteiger partial charge is 0.175 e. The van der Waals surface area contributed by atoms with Crippen molar-refractivity contribution in [3.05, 3.63) is 22.2 Å². The van der Waals surface area contributed by atoms with E-state index in [1.165, 1.54) is 24.9 Å². The molecule has 2 unspecified atom stereocenters. The molecule has 2 heterocycles. The number of rotatable bonds is 1. The van der Waals surface area contributed by atoms with Crippen LogP contribution < -0.4 is 9.47 Å². The second kappa shape index (κ2) is 5.90. The van der Waals surface area contributed by atoms with Gasteiger partial charge in [0.2, 0.25) is 0 Å². The average molecular weight is 349 g/mol. The van der Waals surface area contributed by atoms with Gasteiger partial charge in [-0.3, -0.25) is 4.90 Å². The lowest BCUT2D eigenvalue weighted by atomic mass is 9.82. The molecular formula is C14H19BrClNO2. The van der Waals surface area contributed by atoms with E-state index in [-0.39, 0.29) is 12.4 Å². The Bertz CT molecular complexity index is 469. The van der Waals surface area contributed by atoms with Crippen molar-refractivity contribution in [3.8, 4) is 11.5 Å². The summed E-state index contributed by atoms with van der Waals surface area (Å²) in [6, 6.07) is 4.76. The summed E-state index contributed by atoms with van der Waals surface area (Å²) in [5.41, 5.74) is 1.30. The number of hydrogen-bond donors (Lipinski definition) is 0. The van der Waals surface area contributed by atoms with Crippen LogP contribution in [0, 0.1) is 0 Å². The van der Waals surface area contributed by atoms with Crippen LogP contribution >= 0.6 is 28.3 Å². The maximum Gasteiger partial charge on any atom is 0.175 e. The van der Waals surface area contributed by atoms with Crippen molar-refractivity contribution in [1.82, 2.24) is 4.90 Å². The molecule has 106 valence electrons. The van der Waals surface area contributed by atoms with Crippen molar-refractivity contribution < 1.29 is 9.47 Å². The third kappa shape index (κ3) is 2.46. The van der Waals surface area contributed by atoms with Crippen LogP contribution in [0.15, 0.2) is 16.6 Å². The first-order chi connectivity index (χ1) is 8.72. The molecule has 2 atom stereocenters. The van der Waals surface area contributed by atoms with Crippen LogP contribution in [0.4, 0.5) is 0 Å². The molecule has 0 aromatic heterocycles. The van der Waals surface area contributed by atoms with E-state index in [2.05, 4.69) is 40.0 Å². The molecule has 2 aliphatic heterocycles. The summed E-state index contributed by atoms with van der Waals surface area (Å²) >= 11 is 3.52. The molecule has 0 amide bonds. The van der Waals surface area contributed by atoms with Crippen molar-refractivity contribution in [2.45, 2.75) is 24.8 Å². The van der Waals surface area contributed by atoms with Crippen LogP contribution in [0.2, 0.25) is 0 Å². The Kier molecular flexibility index (Phi) is 4.64. The van der Waals surface area contributed by atoms with Crippen molar-refractivity contribution in [3.63, 3.8) is 0 Å². The second-order valence-corrected chi connectivity index (χ2v) is 5.96. The van der Waals surface area contributed by atoms with Crippen molar-refractivity contribution in [2.24, 2.45) is 0 Å². The molecule has 3 nitrogen and oxygen atoms in total. The fraction of sp³-hybridized carbons (Fsp3) is 0.571. The summed E-state index contributed by atoms with van der Waals surface area (Å²) in [4.78, 5) is 2.42. The number of benzene rings is 1. The van der Waals surface area contributed by atoms with Gasteiger partial charge in [0.15, 0.2) is 11.5 Å². The Balaban J connectivity index is 0.00000133. The molecule has 5 heteroatoms. The van der Waals surface area contributed by atoms with Gasteiger partial charge in [-0.15, -0.1) is 12.4 Å². The van der Waals surface area contributed by atoms with E-state index in [0.717, 1.165) is 22.6 Å². The lowest BCUT2D eigenvalue weighted by Crippen LogP contribution is -2.47. The molecule has 0 saturated carbocycles. The summed E-state index contributed by atoms with van der Waals surface area (Å²) < 4.78 is 12.4. The highest BCUT2D eigenvalue weighted by Crippen LogP contribution is 2.47. The van der Waals surface area contributed by atoms with E-state index in [0.29, 0.717) is 12.0 Å². The lowest BCUT2D eigenvalue weighted by Gasteiger charge is -2.43. The van der Waals surface area contributed by atoms with Crippen LogP contribution in [0.1, 0.15) is 24.3 Å². The molecule has 1 aromatic carbocycles. The van der Waals surface area contributed by atoms with Crippen LogP contribution in [0.25, 0.3) is 0 Å². The van der Waals surface area contributed by atoms with Crippen molar-refractivity contribution in [1.29, 1.82) is 0 Å². The first-order valence-corrected chi connectivity index (χ1v) is 7.21. The Hall–Kier alpha value is -0.450. The van der Waals surface area contributed by atoms with Gasteiger partial charge in [0.25, 0.3) is 0 Å². The molecule has 0 bridgehead atoms. The molecule has 0 radical (unpaired) electrons. The number of hydrogen-bond acceptors (Lipinski definition) is 3. The molecule has 0 N–H and O–H groups in total. The maximum absolute atomic E-state index is 5.97. The Morgan fingerprint density at radius 2 is 2.21 bits per heavy atom. The number of nitrogens with zero attached hydrogens (tertiary/aromatic N) is 1. The van der Waals surface area contributed by atoms with Gasteiger partial charge >= 0.3 is 0 Å². The van der Waals surface area contributed by atoms with E-state index < -0.39 is 0 Å². The SMILES string of the molecule is COc1c(Br)ccc2c1OCC1C2CCCN1C.Cl. The van der Waals surface area contributed by atoms with E-state index in [1.807, 2.05) is 0 Å². The average Bonchev–Trinajstić information content (AvgIpc) is 2.38. The molecule has 1 aromatic rings. The predicted octanol–water partition coefficient (Wildman–Crippen LogP) is 3.45. The van der Waals surface area contributed by atoms with E-state index in [9.17, 15) is 0 Å². The second-order valence-electron chi connectivity index (χ2n) is 5.11. The van der Waals surface area contributed by atoms with Gasteiger partial charge < -0.3 is 9.47 Å². The number of fused-ring (bicyclic) bond motifs is 3. The minimum atomic E-state index is 0. The number of likely N-dealkylation sites (tertiary alicyclic amines) is 1. The molecule has 1 saturated heterocycles. The Labute approximate surface area is 128 Å². The quantitative estimate of drug-likeness (QED) is 0.776. The van der Waals surface area contributed by atoms with Crippen LogP contribution in [0.5, 0.6) is 11.5 Å². The van der Waals surface area contributed by atoms with Gasteiger partial charge in [0.05, 0.1) is 17.6 Å². The third-order valence-corrected chi connectivity index (χ3v) is 4.78. The fourth-order valence-corrected chi connectivity index (χ4v) is 3.66. The van der Waals surface area contributed by atoms with Crippen LogP contribution in [-0.2, 0) is 0 Å². The third-order valence-electron chi connectivity index (χ3n) is 4.15. The zero-order valence-corrected chi connectivity index (χ0v) is 13.6. The normalized spacial score (nSPS) is 25.6. The van der Waals surface area contributed by atoms with E-state index in [4.69, 9.17) is 9.47 Å². The molecule has 0 aliphatic carbocycles. The topological polar surface area (TPSA) is 21.7 Å². The molecule has 1 fully saturated rings.